The molecular formula is C43H53NO7. The first-order chi connectivity index (χ1) is 24.1. The molecule has 2 aliphatic heterocycles. The maximum Gasteiger partial charge on any atom is 0.165 e. The third kappa shape index (κ3) is 5.03. The van der Waals surface area contributed by atoms with Crippen molar-refractivity contribution in [3.8, 4) is 28.7 Å². The molecule has 1 saturated heterocycles. The van der Waals surface area contributed by atoms with E-state index in [4.69, 9.17) is 14.6 Å². The number of benzene rings is 3. The molecule has 0 aromatic heterocycles. The molecule has 5 N–H and O–H groups in total. The smallest absolute Gasteiger partial charge is 0.165 e. The van der Waals surface area contributed by atoms with Gasteiger partial charge in [0.2, 0.25) is 0 Å². The molecule has 8 heteroatoms. The molecule has 0 unspecified atom stereocenters. The number of likely N-dealkylation sites (tertiary alicyclic amines) is 1. The first-order valence-corrected chi connectivity index (χ1v) is 18.7. The predicted molar refractivity (Wildman–Crippen MR) is 197 cm³/mol. The molecule has 5 fully saturated rings. The van der Waals surface area contributed by atoms with E-state index in [0.717, 1.165) is 50.1 Å². The number of aromatic hydroxyl groups is 4. The van der Waals surface area contributed by atoms with E-state index >= 15 is 0 Å². The second-order valence-corrected chi connectivity index (χ2v) is 17.5. The lowest BCUT2D eigenvalue weighted by molar-refractivity contribution is -0.312. The van der Waals surface area contributed by atoms with Crippen LogP contribution in [0.2, 0.25) is 0 Å². The number of phenols is 4. The molecule has 10 rings (SSSR count). The number of ether oxygens (including phenoxy) is 2. The van der Waals surface area contributed by atoms with Crippen molar-refractivity contribution in [2.45, 2.75) is 101 Å². The van der Waals surface area contributed by atoms with Gasteiger partial charge in [0, 0.05) is 48.1 Å². The number of methoxy groups -OCH3 is 1. The third-order valence-electron chi connectivity index (χ3n) is 14.1. The van der Waals surface area contributed by atoms with Gasteiger partial charge in [-0.05, 0) is 117 Å². The molecule has 8 nitrogen and oxygen atoms in total. The fraction of sp³-hybridized carbons (Fsp3) is 0.535. The van der Waals surface area contributed by atoms with Crippen molar-refractivity contribution in [3.63, 3.8) is 0 Å². The van der Waals surface area contributed by atoms with Gasteiger partial charge in [-0.3, -0.25) is 4.90 Å². The van der Waals surface area contributed by atoms with Crippen molar-refractivity contribution in [2.24, 2.45) is 22.7 Å². The number of rotatable bonds is 6. The largest absolute Gasteiger partial charge is 0.508 e. The van der Waals surface area contributed by atoms with Gasteiger partial charge >= 0.3 is 0 Å². The zero-order valence-electron chi connectivity index (χ0n) is 30.5. The Balaban J connectivity index is 0.000000186. The predicted octanol–water partition coefficient (Wildman–Crippen LogP) is 7.39. The molecule has 0 amide bonds. The summed E-state index contributed by atoms with van der Waals surface area (Å²) in [7, 11) is 1.83. The molecule has 4 bridgehead atoms. The van der Waals surface area contributed by atoms with Crippen LogP contribution in [0.1, 0.15) is 88.5 Å². The highest BCUT2D eigenvalue weighted by atomic mass is 16.6. The summed E-state index contributed by atoms with van der Waals surface area (Å²) in [5.74, 6) is 2.07. The standard InChI is InChI=1S/C29H41NO4.C14H12O3/c1-25(2,3)26(4,32)20-15-27-10-11-29(20,33-5)24-28(27)12-13-30(16-17-6-7-17)21(27)14-18-8-9-19(31)23(34-24)22(18)28;15-12-5-3-10(4-6-12)1-2-11-7-13(16)9-14(17)8-11/h8-9,17,20-21,24,31-32H,6-7,10-16H2,1-5H3;1-9,15-17H/b;2-1+/t20-,21-,24-,26+,27-,28+,29-;/m1./s1. The van der Waals surface area contributed by atoms with Gasteiger partial charge in [-0.2, -0.15) is 0 Å². The molecule has 7 atom stereocenters. The zero-order chi connectivity index (χ0) is 36.1. The Kier molecular flexibility index (Phi) is 7.85. The molecule has 272 valence electrons. The van der Waals surface area contributed by atoms with Crippen LogP contribution in [0.15, 0.2) is 54.6 Å². The minimum absolute atomic E-state index is 0.0235. The Morgan fingerprint density at radius 2 is 1.55 bits per heavy atom. The lowest BCUT2D eigenvalue weighted by atomic mass is 9.33. The van der Waals surface area contributed by atoms with Crippen molar-refractivity contribution in [1.29, 1.82) is 0 Å². The zero-order valence-corrected chi connectivity index (χ0v) is 30.5. The van der Waals surface area contributed by atoms with Crippen LogP contribution in [0, 0.1) is 22.7 Å². The van der Waals surface area contributed by atoms with Crippen LogP contribution in [0.3, 0.4) is 0 Å². The normalized spacial score (nSPS) is 32.9. The third-order valence-corrected chi connectivity index (χ3v) is 14.1. The summed E-state index contributed by atoms with van der Waals surface area (Å²) in [6, 6.07) is 15.6. The Bertz CT molecular complexity index is 1840. The number of hydrogen-bond acceptors (Lipinski definition) is 8. The Morgan fingerprint density at radius 3 is 2.20 bits per heavy atom. The van der Waals surface area contributed by atoms with Gasteiger partial charge in [-0.1, -0.05) is 51.1 Å². The number of nitrogens with zero attached hydrogens (tertiary/aromatic N) is 1. The van der Waals surface area contributed by atoms with Crippen molar-refractivity contribution in [3.05, 3.63) is 76.9 Å². The average molecular weight is 696 g/mol. The average Bonchev–Trinajstić information content (AvgIpc) is 3.82. The quantitative estimate of drug-likeness (QED) is 0.169. The fourth-order valence-corrected chi connectivity index (χ4v) is 11.1. The Morgan fingerprint density at radius 1 is 0.863 bits per heavy atom. The molecule has 0 radical (unpaired) electrons. The summed E-state index contributed by atoms with van der Waals surface area (Å²) < 4.78 is 13.5. The number of hydrogen-bond donors (Lipinski definition) is 5. The molecule has 7 aliphatic rings. The first kappa shape index (κ1) is 34.4. The Hall–Kier alpha value is -3.72. The minimum atomic E-state index is -0.909. The van der Waals surface area contributed by atoms with Crippen LogP contribution in [-0.2, 0) is 16.6 Å². The van der Waals surface area contributed by atoms with Gasteiger partial charge in [0.15, 0.2) is 11.5 Å². The summed E-state index contributed by atoms with van der Waals surface area (Å²) >= 11 is 0. The number of aliphatic hydroxyl groups is 1. The van der Waals surface area contributed by atoms with E-state index in [2.05, 4.69) is 31.7 Å². The molecule has 51 heavy (non-hydrogen) atoms. The van der Waals surface area contributed by atoms with Crippen molar-refractivity contribution in [1.82, 2.24) is 4.90 Å². The van der Waals surface area contributed by atoms with E-state index in [1.54, 1.807) is 42.5 Å². The second-order valence-electron chi connectivity index (χ2n) is 17.5. The minimum Gasteiger partial charge on any atom is -0.508 e. The van der Waals surface area contributed by atoms with E-state index in [1.807, 2.05) is 26.2 Å². The summed E-state index contributed by atoms with van der Waals surface area (Å²) in [5, 5.41) is 50.9. The van der Waals surface area contributed by atoms with E-state index in [9.17, 15) is 20.4 Å². The summed E-state index contributed by atoms with van der Waals surface area (Å²) in [4.78, 5) is 2.82. The van der Waals surface area contributed by atoms with Gasteiger partial charge < -0.3 is 35.0 Å². The monoisotopic (exact) mass is 695 g/mol. The highest BCUT2D eigenvalue weighted by Crippen LogP contribution is 2.78. The summed E-state index contributed by atoms with van der Waals surface area (Å²) in [5.41, 5.74) is 2.41. The number of phenolic OH excluding ortho intramolecular Hbond substituents is 4. The van der Waals surface area contributed by atoms with Gasteiger partial charge in [-0.25, -0.2) is 0 Å². The topological polar surface area (TPSA) is 123 Å². The van der Waals surface area contributed by atoms with Crippen molar-refractivity contribution < 1.29 is 35.0 Å². The van der Waals surface area contributed by atoms with Gasteiger partial charge in [0.05, 0.1) is 5.60 Å². The molecule has 3 aromatic carbocycles. The highest BCUT2D eigenvalue weighted by molar-refractivity contribution is 5.71. The van der Waals surface area contributed by atoms with Crippen LogP contribution in [0.5, 0.6) is 28.7 Å². The van der Waals surface area contributed by atoms with Crippen LogP contribution in [0.25, 0.3) is 12.2 Å². The van der Waals surface area contributed by atoms with Gasteiger partial charge in [0.25, 0.3) is 0 Å². The number of piperidine rings is 1. The molecule has 5 aliphatic carbocycles. The lowest BCUT2D eigenvalue weighted by Gasteiger charge is -2.75. The van der Waals surface area contributed by atoms with Crippen LogP contribution >= 0.6 is 0 Å². The summed E-state index contributed by atoms with van der Waals surface area (Å²) in [6.07, 6.45) is 11.2. The maximum atomic E-state index is 12.2. The van der Waals surface area contributed by atoms with Gasteiger partial charge in [0.1, 0.15) is 29.0 Å². The van der Waals surface area contributed by atoms with Crippen LogP contribution < -0.4 is 4.74 Å². The number of fused-ring (bicyclic) bond motifs is 2. The van der Waals surface area contributed by atoms with Crippen LogP contribution in [0.4, 0.5) is 0 Å². The molecule has 2 spiro atoms. The first-order valence-electron chi connectivity index (χ1n) is 18.7. The van der Waals surface area contributed by atoms with E-state index < -0.39 is 11.2 Å². The SMILES string of the molecule is CO[C@]12CC[C@@]3(C[C@@H]1[C@](C)(O)C(C)(C)C)[C@H]1Cc4ccc(O)c5c4[C@@]3(CCN1CC1CC1)[C@H]2O5.Oc1ccc(/C=C/c2cc(O)cc(O)c2)cc1. The van der Waals surface area contributed by atoms with Gasteiger partial charge in [-0.15, -0.1) is 0 Å². The van der Waals surface area contributed by atoms with E-state index in [0.29, 0.717) is 17.4 Å². The fourth-order valence-electron chi connectivity index (χ4n) is 11.1. The molecular weight excluding hydrogens is 642 g/mol. The van der Waals surface area contributed by atoms with Crippen molar-refractivity contribution in [2.75, 3.05) is 20.2 Å². The Labute approximate surface area is 301 Å². The van der Waals surface area contributed by atoms with Crippen molar-refractivity contribution >= 4 is 12.2 Å². The van der Waals surface area contributed by atoms with E-state index in [1.165, 1.54) is 36.6 Å². The maximum absolute atomic E-state index is 12.2. The lowest BCUT2D eigenvalue weighted by Crippen LogP contribution is -2.83. The molecule has 3 aromatic rings. The molecule has 4 saturated carbocycles. The van der Waals surface area contributed by atoms with E-state index in [-0.39, 0.29) is 51.3 Å². The molecule has 2 heterocycles. The highest BCUT2D eigenvalue weighted by Gasteiger charge is 2.82. The second kappa shape index (κ2) is 11.6. The van der Waals surface area contributed by atoms with Crippen LogP contribution in [-0.4, -0.2) is 74.0 Å². The summed E-state index contributed by atoms with van der Waals surface area (Å²) in [6.45, 7) is 10.8.